The van der Waals surface area contributed by atoms with Gasteiger partial charge in [0.25, 0.3) is 0 Å². The molecular weight excluding hydrogens is 383 g/mol. The molecule has 158 valence electrons. The molecule has 0 fully saturated rings. The van der Waals surface area contributed by atoms with Crippen LogP contribution in [0.1, 0.15) is 47.0 Å². The lowest BCUT2D eigenvalue weighted by atomic mass is 9.72. The van der Waals surface area contributed by atoms with Crippen molar-refractivity contribution in [2.24, 2.45) is 0 Å². The normalized spacial score (nSPS) is 12.0. The molecule has 1 unspecified atom stereocenters. The molecule has 0 nitrogen and oxygen atoms in total. The van der Waals surface area contributed by atoms with Gasteiger partial charge in [0.2, 0.25) is 0 Å². The van der Waals surface area contributed by atoms with E-state index in [1.54, 1.807) is 0 Å². The van der Waals surface area contributed by atoms with Crippen LogP contribution in [0.4, 0.5) is 0 Å². The number of hydrogen-bond acceptors (Lipinski definition) is 0. The minimum Gasteiger partial charge on any atom is -0.0655 e. The van der Waals surface area contributed by atoms with Gasteiger partial charge in [0.15, 0.2) is 0 Å². The van der Waals surface area contributed by atoms with Crippen LogP contribution in [0.5, 0.6) is 0 Å². The zero-order valence-electron chi connectivity index (χ0n) is 19.9. The number of rotatable bonds is 5. The quantitative estimate of drug-likeness (QED) is 0.287. The first kappa shape index (κ1) is 22.2. The predicted octanol–water partition coefficient (Wildman–Crippen LogP) is 8.54. The van der Waals surface area contributed by atoms with Crippen LogP contribution in [0.25, 0.3) is 33.4 Å². The van der Waals surface area contributed by atoms with Gasteiger partial charge < -0.3 is 0 Å². The minimum atomic E-state index is 0.0805. The van der Waals surface area contributed by atoms with Gasteiger partial charge in [-0.3, -0.25) is 0 Å². The van der Waals surface area contributed by atoms with Gasteiger partial charge in [-0.1, -0.05) is 79.8 Å². The van der Waals surface area contributed by atoms with E-state index in [1.807, 2.05) is 0 Å². The lowest BCUT2D eigenvalue weighted by Gasteiger charge is -2.25. The van der Waals surface area contributed by atoms with Crippen molar-refractivity contribution in [2.75, 3.05) is 0 Å². The highest BCUT2D eigenvalue weighted by atomic mass is 14.2. The summed E-state index contributed by atoms with van der Waals surface area (Å²) in [4.78, 5) is 0. The first-order valence-corrected chi connectivity index (χ1v) is 11.5. The zero-order chi connectivity index (χ0) is 22.8. The molecule has 0 aliphatic rings. The molecule has 1 heteroatoms. The van der Waals surface area contributed by atoms with E-state index in [-0.39, 0.29) is 5.82 Å². The Morgan fingerprint density at radius 2 is 0.969 bits per heavy atom. The molecule has 32 heavy (non-hydrogen) atoms. The van der Waals surface area contributed by atoms with Gasteiger partial charge in [0.1, 0.15) is 0 Å². The van der Waals surface area contributed by atoms with E-state index in [2.05, 4.69) is 113 Å². The SMILES string of the molecule is [B]C(CC)c1c(C)c(C)c(-c2cc(-c3ccccc3)cc(-c3ccccc3)c2)c(C)c1C. The van der Waals surface area contributed by atoms with Crippen LogP contribution in [0, 0.1) is 27.7 Å². The van der Waals surface area contributed by atoms with Crippen molar-refractivity contribution in [3.05, 3.63) is 107 Å². The average Bonchev–Trinajstić information content (AvgIpc) is 2.84. The molecule has 4 aromatic rings. The van der Waals surface area contributed by atoms with Crippen molar-refractivity contribution in [1.82, 2.24) is 0 Å². The molecule has 2 radical (unpaired) electrons. The van der Waals surface area contributed by atoms with Crippen LogP contribution in [0.15, 0.2) is 78.9 Å². The summed E-state index contributed by atoms with van der Waals surface area (Å²) < 4.78 is 0. The molecule has 0 spiro atoms. The molecule has 0 heterocycles. The molecule has 4 aromatic carbocycles. The van der Waals surface area contributed by atoms with Crippen LogP contribution in [-0.2, 0) is 0 Å². The largest absolute Gasteiger partial charge is 0.0763 e. The fourth-order valence-electron chi connectivity index (χ4n) is 4.90. The molecule has 0 N–H and O–H groups in total. The zero-order valence-corrected chi connectivity index (χ0v) is 19.9. The highest BCUT2D eigenvalue weighted by molar-refractivity contribution is 6.12. The molecule has 0 saturated carbocycles. The third-order valence-corrected chi connectivity index (χ3v) is 6.93. The van der Waals surface area contributed by atoms with Gasteiger partial charge >= 0.3 is 0 Å². The van der Waals surface area contributed by atoms with E-state index in [4.69, 9.17) is 7.85 Å². The van der Waals surface area contributed by atoms with Crippen LogP contribution in [-0.4, -0.2) is 7.85 Å². The molecule has 0 bridgehead atoms. The molecule has 0 amide bonds. The third-order valence-electron chi connectivity index (χ3n) is 6.93. The lowest BCUT2D eigenvalue weighted by molar-refractivity contribution is 0.860. The average molecular weight is 414 g/mol. The maximum atomic E-state index is 6.52. The van der Waals surface area contributed by atoms with Gasteiger partial charge in [-0.25, -0.2) is 0 Å². The van der Waals surface area contributed by atoms with E-state index in [1.165, 1.54) is 61.2 Å². The molecule has 1 atom stereocenters. The molecule has 0 aliphatic heterocycles. The Kier molecular flexibility index (Phi) is 6.37. The van der Waals surface area contributed by atoms with E-state index in [0.29, 0.717) is 0 Å². The van der Waals surface area contributed by atoms with Crippen LogP contribution in [0.2, 0.25) is 0 Å². The summed E-state index contributed by atoms with van der Waals surface area (Å²) in [6, 6.07) is 28.3. The molecule has 4 rings (SSSR count). The van der Waals surface area contributed by atoms with Crippen molar-refractivity contribution in [2.45, 2.75) is 46.9 Å². The van der Waals surface area contributed by atoms with Crippen molar-refractivity contribution in [1.29, 1.82) is 0 Å². The van der Waals surface area contributed by atoms with E-state index < -0.39 is 0 Å². The summed E-state index contributed by atoms with van der Waals surface area (Å²) in [6.07, 6.45) is 0.946. The Bertz CT molecular complexity index is 1150. The standard InChI is InChI=1S/C31H31B/c1-6-29(32)31-22(4)20(2)30(21(3)23(31)5)28-18-26(24-13-9-7-10-14-24)17-27(19-28)25-15-11-8-12-16-25/h7-19,29H,6H2,1-5H3. The van der Waals surface area contributed by atoms with E-state index in [0.717, 1.165) is 6.42 Å². The summed E-state index contributed by atoms with van der Waals surface area (Å²) in [5.74, 6) is 0.0805. The van der Waals surface area contributed by atoms with Gasteiger partial charge in [-0.05, 0) is 107 Å². The van der Waals surface area contributed by atoms with Crippen molar-refractivity contribution < 1.29 is 0 Å². The molecule has 0 aliphatic carbocycles. The first-order valence-electron chi connectivity index (χ1n) is 11.5. The summed E-state index contributed by atoms with van der Waals surface area (Å²) in [6.45, 7) is 11.1. The number of hydrogen-bond donors (Lipinski definition) is 0. The van der Waals surface area contributed by atoms with Crippen LogP contribution >= 0.6 is 0 Å². The van der Waals surface area contributed by atoms with Crippen LogP contribution in [0.3, 0.4) is 0 Å². The highest BCUT2D eigenvalue weighted by Crippen LogP contribution is 2.40. The van der Waals surface area contributed by atoms with Gasteiger partial charge in [-0.15, -0.1) is 0 Å². The Hall–Kier alpha value is -3.06. The van der Waals surface area contributed by atoms with Gasteiger partial charge in [-0.2, -0.15) is 0 Å². The molecule has 0 aromatic heterocycles. The van der Waals surface area contributed by atoms with Gasteiger partial charge in [0.05, 0.1) is 7.85 Å². The Morgan fingerprint density at radius 1 is 0.562 bits per heavy atom. The third kappa shape index (κ3) is 4.05. The fourth-order valence-corrected chi connectivity index (χ4v) is 4.90. The maximum Gasteiger partial charge on any atom is 0.0763 e. The smallest absolute Gasteiger partial charge is 0.0655 e. The molecule has 0 saturated heterocycles. The number of benzene rings is 4. The van der Waals surface area contributed by atoms with Gasteiger partial charge in [0, 0.05) is 0 Å². The predicted molar refractivity (Wildman–Crippen MR) is 140 cm³/mol. The van der Waals surface area contributed by atoms with Crippen molar-refractivity contribution in [3.63, 3.8) is 0 Å². The second-order valence-corrected chi connectivity index (χ2v) is 8.83. The second-order valence-electron chi connectivity index (χ2n) is 8.83. The summed E-state index contributed by atoms with van der Waals surface area (Å²) >= 11 is 0. The molecular formula is C31H31B. The Labute approximate surface area is 194 Å². The van der Waals surface area contributed by atoms with E-state index >= 15 is 0 Å². The highest BCUT2D eigenvalue weighted by Gasteiger charge is 2.19. The summed E-state index contributed by atoms with van der Waals surface area (Å²) in [5, 5.41) is 0. The maximum absolute atomic E-state index is 6.52. The van der Waals surface area contributed by atoms with Crippen molar-refractivity contribution in [3.8, 4) is 33.4 Å². The van der Waals surface area contributed by atoms with Crippen LogP contribution < -0.4 is 0 Å². The first-order chi connectivity index (χ1) is 15.4. The Balaban J connectivity index is 2.00. The summed E-state index contributed by atoms with van der Waals surface area (Å²) in [7, 11) is 6.52. The lowest BCUT2D eigenvalue weighted by Crippen LogP contribution is -2.08. The Morgan fingerprint density at radius 3 is 1.38 bits per heavy atom. The monoisotopic (exact) mass is 414 g/mol. The van der Waals surface area contributed by atoms with E-state index in [9.17, 15) is 0 Å². The van der Waals surface area contributed by atoms with Crippen molar-refractivity contribution >= 4 is 7.85 Å². The summed E-state index contributed by atoms with van der Waals surface area (Å²) in [5.41, 5.74) is 14.2. The fraction of sp³-hybridized carbons (Fsp3) is 0.226. The topological polar surface area (TPSA) is 0 Å². The second kappa shape index (κ2) is 9.21. The minimum absolute atomic E-state index is 0.0805.